The van der Waals surface area contributed by atoms with Gasteiger partial charge in [0.25, 0.3) is 5.91 Å². The molecule has 0 radical (unpaired) electrons. The Hall–Kier alpha value is -2.21. The predicted octanol–water partition coefficient (Wildman–Crippen LogP) is 3.38. The first-order chi connectivity index (χ1) is 11.5. The lowest BCUT2D eigenvalue weighted by Crippen LogP contribution is -2.32. The molecule has 2 aliphatic rings. The highest BCUT2D eigenvalue weighted by molar-refractivity contribution is 5.96. The maximum absolute atomic E-state index is 14.1. The first-order valence-corrected chi connectivity index (χ1v) is 8.06. The normalized spacial score (nSPS) is 23.7. The van der Waals surface area contributed by atoms with Gasteiger partial charge in [0, 0.05) is 18.0 Å². The van der Waals surface area contributed by atoms with Crippen molar-refractivity contribution in [3.8, 4) is 0 Å². The van der Waals surface area contributed by atoms with E-state index >= 15 is 0 Å². The molecule has 0 spiro atoms. The van der Waals surface area contributed by atoms with E-state index in [0.717, 1.165) is 31.0 Å². The van der Waals surface area contributed by atoms with Crippen molar-refractivity contribution in [1.82, 2.24) is 4.90 Å². The Morgan fingerprint density at radius 2 is 2.04 bits per heavy atom. The van der Waals surface area contributed by atoms with Gasteiger partial charge in [0.2, 0.25) is 0 Å². The van der Waals surface area contributed by atoms with E-state index in [0.29, 0.717) is 11.3 Å². The van der Waals surface area contributed by atoms with Gasteiger partial charge in [0.1, 0.15) is 17.4 Å². The van der Waals surface area contributed by atoms with Gasteiger partial charge in [0.15, 0.2) is 0 Å². The molecule has 126 valence electrons. The van der Waals surface area contributed by atoms with Gasteiger partial charge < -0.3 is 14.4 Å². The highest BCUT2D eigenvalue weighted by Gasteiger charge is 2.40. The average molecular weight is 333 g/mol. The summed E-state index contributed by atoms with van der Waals surface area (Å²) in [6, 6.07) is 4.10. The Labute approximate surface area is 137 Å². The molecular weight excluding hydrogens is 316 g/mol. The number of likely N-dealkylation sites (tertiary alicyclic amines) is 1. The zero-order valence-corrected chi connectivity index (χ0v) is 12.9. The lowest BCUT2D eigenvalue weighted by molar-refractivity contribution is 0.0711. The van der Waals surface area contributed by atoms with Crippen molar-refractivity contribution in [1.29, 1.82) is 0 Å². The van der Waals surface area contributed by atoms with Crippen molar-refractivity contribution in [3.05, 3.63) is 59.1 Å². The van der Waals surface area contributed by atoms with E-state index in [1.54, 1.807) is 6.07 Å². The number of aliphatic hydroxyl groups excluding tert-OH is 1. The van der Waals surface area contributed by atoms with Gasteiger partial charge in [-0.2, -0.15) is 0 Å². The van der Waals surface area contributed by atoms with E-state index in [9.17, 15) is 18.7 Å². The monoisotopic (exact) mass is 333 g/mol. The lowest BCUT2D eigenvalue weighted by atomic mass is 10.0. The highest BCUT2D eigenvalue weighted by Crippen LogP contribution is 2.43. The summed E-state index contributed by atoms with van der Waals surface area (Å²) in [6.07, 6.45) is 2.86. The Bertz CT molecular complexity index is 784. The van der Waals surface area contributed by atoms with Crippen molar-refractivity contribution in [2.24, 2.45) is 0 Å². The first kappa shape index (κ1) is 15.3. The van der Waals surface area contributed by atoms with Crippen LogP contribution in [-0.2, 0) is 0 Å². The minimum atomic E-state index is -0.766. The van der Waals surface area contributed by atoms with Gasteiger partial charge in [-0.05, 0) is 43.5 Å². The van der Waals surface area contributed by atoms with Crippen molar-refractivity contribution in [3.63, 3.8) is 0 Å². The number of hydrogen-bond donors (Lipinski definition) is 1. The summed E-state index contributed by atoms with van der Waals surface area (Å²) in [4.78, 5) is 14.3. The van der Waals surface area contributed by atoms with Crippen LogP contribution in [0.5, 0.6) is 0 Å². The van der Waals surface area contributed by atoms with Gasteiger partial charge in [-0.3, -0.25) is 4.79 Å². The number of aliphatic hydroxyl groups is 1. The second-order valence-corrected chi connectivity index (χ2v) is 6.50. The van der Waals surface area contributed by atoms with E-state index in [4.69, 9.17) is 4.42 Å². The van der Waals surface area contributed by atoms with Gasteiger partial charge in [-0.1, -0.05) is 0 Å². The zero-order chi connectivity index (χ0) is 16.8. The van der Waals surface area contributed by atoms with Gasteiger partial charge in [-0.25, -0.2) is 8.78 Å². The molecule has 1 saturated heterocycles. The summed E-state index contributed by atoms with van der Waals surface area (Å²) in [5.41, 5.74) is 0.546. The molecule has 24 heavy (non-hydrogen) atoms. The largest absolute Gasteiger partial charge is 0.468 e. The third-order valence-corrected chi connectivity index (χ3v) is 4.73. The molecular formula is C18H17F2NO3. The number of β-amino-alcohol motifs (C(OH)–C–C–N with tert-alkyl or cyclic N) is 1. The third-order valence-electron chi connectivity index (χ3n) is 4.73. The number of hydrogen-bond acceptors (Lipinski definition) is 3. The third kappa shape index (κ3) is 2.60. The molecule has 1 aliphatic heterocycles. The summed E-state index contributed by atoms with van der Waals surface area (Å²) in [5, 5.41) is 10.00. The molecule has 2 fully saturated rings. The maximum atomic E-state index is 14.1. The van der Waals surface area contributed by atoms with E-state index in [-0.39, 0.29) is 30.4 Å². The van der Waals surface area contributed by atoms with Crippen LogP contribution in [0.15, 0.2) is 34.9 Å². The van der Waals surface area contributed by atoms with Crippen LogP contribution in [0.25, 0.3) is 0 Å². The van der Waals surface area contributed by atoms with Crippen molar-refractivity contribution < 1.29 is 23.1 Å². The van der Waals surface area contributed by atoms with Crippen molar-refractivity contribution in [2.45, 2.75) is 37.3 Å². The second-order valence-electron chi connectivity index (χ2n) is 6.50. The number of carbonyl (C=O) groups excluding carboxylic acids is 1. The fraction of sp³-hybridized carbons (Fsp3) is 0.389. The quantitative estimate of drug-likeness (QED) is 0.937. The molecule has 1 aliphatic carbocycles. The van der Waals surface area contributed by atoms with E-state index in [2.05, 4.69) is 0 Å². The summed E-state index contributed by atoms with van der Waals surface area (Å²) in [7, 11) is 0. The molecule has 1 N–H and O–H groups in total. The SMILES string of the molecule is O=C(c1ccoc1C1CC1)N1C[C@@H](O)C[C@H]1c1cc(F)ccc1F. The molecule has 1 aromatic carbocycles. The molecule has 2 heterocycles. The number of furan rings is 1. The van der Waals surface area contributed by atoms with Crippen LogP contribution in [0, 0.1) is 11.6 Å². The van der Waals surface area contributed by atoms with Crippen LogP contribution >= 0.6 is 0 Å². The Morgan fingerprint density at radius 3 is 2.79 bits per heavy atom. The molecule has 6 heteroatoms. The van der Waals surface area contributed by atoms with Crippen LogP contribution in [0.2, 0.25) is 0 Å². The molecule has 1 amide bonds. The lowest BCUT2D eigenvalue weighted by Gasteiger charge is -2.25. The number of benzene rings is 1. The summed E-state index contributed by atoms with van der Waals surface area (Å²) in [6.45, 7) is 0.0920. The molecule has 4 nitrogen and oxygen atoms in total. The average Bonchev–Trinajstić information content (AvgIpc) is 3.15. The van der Waals surface area contributed by atoms with Crippen LogP contribution in [0.3, 0.4) is 0 Å². The summed E-state index contributed by atoms with van der Waals surface area (Å²) in [5.74, 6) is -0.545. The van der Waals surface area contributed by atoms with Crippen molar-refractivity contribution >= 4 is 5.91 Å². The molecule has 2 aromatic rings. The van der Waals surface area contributed by atoms with Crippen LogP contribution in [0.1, 0.15) is 52.9 Å². The van der Waals surface area contributed by atoms with Crippen LogP contribution in [-0.4, -0.2) is 28.6 Å². The number of amides is 1. The molecule has 1 saturated carbocycles. The Morgan fingerprint density at radius 1 is 1.25 bits per heavy atom. The topological polar surface area (TPSA) is 53.7 Å². The minimum absolute atomic E-state index is 0.0920. The standard InChI is InChI=1S/C18H17F2NO3/c19-11-3-4-15(20)14(7-11)16-8-12(22)9-21(16)18(23)13-5-6-24-17(13)10-1-2-10/h3-7,10,12,16,22H,1-2,8-9H2/t12-,16-/m0/s1. The number of carbonyl (C=O) groups is 1. The summed E-state index contributed by atoms with van der Waals surface area (Å²) >= 11 is 0. The van der Waals surface area contributed by atoms with Crippen molar-refractivity contribution in [2.75, 3.05) is 6.54 Å². The second kappa shape index (κ2) is 5.70. The fourth-order valence-corrected chi connectivity index (χ4v) is 3.42. The molecule has 4 rings (SSSR count). The molecule has 0 unspecified atom stereocenters. The van der Waals surface area contributed by atoms with Gasteiger partial charge in [0.05, 0.1) is 24.0 Å². The van der Waals surface area contributed by atoms with E-state index < -0.39 is 23.8 Å². The smallest absolute Gasteiger partial charge is 0.258 e. The number of halogens is 2. The number of nitrogens with zero attached hydrogens (tertiary/aromatic N) is 1. The van der Waals surface area contributed by atoms with Gasteiger partial charge in [-0.15, -0.1) is 0 Å². The van der Waals surface area contributed by atoms with E-state index in [1.165, 1.54) is 11.2 Å². The zero-order valence-electron chi connectivity index (χ0n) is 12.9. The van der Waals surface area contributed by atoms with Gasteiger partial charge >= 0.3 is 0 Å². The molecule has 1 aromatic heterocycles. The van der Waals surface area contributed by atoms with E-state index in [1.807, 2.05) is 0 Å². The first-order valence-electron chi connectivity index (χ1n) is 8.06. The maximum Gasteiger partial charge on any atom is 0.258 e. The Kier molecular flexibility index (Phi) is 3.64. The minimum Gasteiger partial charge on any atom is -0.468 e. The summed E-state index contributed by atoms with van der Waals surface area (Å²) < 4.78 is 33.1. The van der Waals surface area contributed by atoms with Crippen LogP contribution < -0.4 is 0 Å². The Balaban J connectivity index is 1.68. The van der Waals surface area contributed by atoms with Crippen LogP contribution in [0.4, 0.5) is 8.78 Å². The molecule has 0 bridgehead atoms. The fourth-order valence-electron chi connectivity index (χ4n) is 3.42. The highest BCUT2D eigenvalue weighted by atomic mass is 19.1. The predicted molar refractivity (Wildman–Crippen MR) is 81.4 cm³/mol. The molecule has 2 atom stereocenters. The number of rotatable bonds is 3.